The molecule has 1 aromatic heterocycles. The molecule has 0 spiro atoms. The van der Waals surface area contributed by atoms with E-state index in [2.05, 4.69) is 28.0 Å². The number of hydrogen-bond acceptors (Lipinski definition) is 3. The van der Waals surface area contributed by atoms with Crippen molar-refractivity contribution in [3.8, 4) is 0 Å². The number of aromatic nitrogens is 2. The summed E-state index contributed by atoms with van der Waals surface area (Å²) in [5.41, 5.74) is 7.40. The van der Waals surface area contributed by atoms with Gasteiger partial charge in [0, 0.05) is 13.7 Å². The summed E-state index contributed by atoms with van der Waals surface area (Å²) in [6.07, 6.45) is 6.17. The summed E-state index contributed by atoms with van der Waals surface area (Å²) in [6.45, 7) is 2.92. The normalized spacial score (nSPS) is 20.0. The molecule has 17 heavy (non-hydrogen) atoms. The average Bonchev–Trinajstić information content (AvgIpc) is 2.64. The maximum atomic E-state index is 6.32. The van der Waals surface area contributed by atoms with Gasteiger partial charge in [0.1, 0.15) is 0 Å². The molecule has 1 saturated carbocycles. The number of halogens is 1. The molecule has 1 aromatic rings. The zero-order chi connectivity index (χ0) is 12.5. The zero-order valence-corrected chi connectivity index (χ0v) is 12.0. The Hall–Kier alpha value is -0.390. The Balaban J connectivity index is 2.13. The van der Waals surface area contributed by atoms with Crippen molar-refractivity contribution in [2.45, 2.75) is 50.8 Å². The van der Waals surface area contributed by atoms with Crippen LogP contribution in [-0.4, -0.2) is 22.5 Å². The van der Waals surface area contributed by atoms with Gasteiger partial charge >= 0.3 is 0 Å². The molecule has 1 atom stereocenters. The molecule has 2 rings (SSSR count). The van der Waals surface area contributed by atoms with Crippen molar-refractivity contribution >= 4 is 15.9 Å². The van der Waals surface area contributed by atoms with E-state index in [0.717, 1.165) is 36.0 Å². The minimum absolute atomic E-state index is 0.00168. The topological polar surface area (TPSA) is 53.1 Å². The molecule has 2 N–H and O–H groups in total. The lowest BCUT2D eigenvalue weighted by Crippen LogP contribution is -2.42. The van der Waals surface area contributed by atoms with Gasteiger partial charge in [0.05, 0.1) is 28.0 Å². The number of aryl methyl sites for hydroxylation is 1. The minimum atomic E-state index is -0.0212. The van der Waals surface area contributed by atoms with Crippen molar-refractivity contribution in [2.75, 3.05) is 7.11 Å². The van der Waals surface area contributed by atoms with Crippen LogP contribution in [0.1, 0.15) is 44.3 Å². The number of ether oxygens (including phenoxy) is 1. The second kappa shape index (κ2) is 5.08. The first-order valence-corrected chi connectivity index (χ1v) is 6.93. The summed E-state index contributed by atoms with van der Waals surface area (Å²) in [7, 11) is 1.79. The summed E-state index contributed by atoms with van der Waals surface area (Å²) in [5, 5.41) is 4.30. The van der Waals surface area contributed by atoms with Gasteiger partial charge in [0.25, 0.3) is 0 Å². The molecule has 1 heterocycles. The van der Waals surface area contributed by atoms with Gasteiger partial charge in [0.15, 0.2) is 0 Å². The predicted octanol–water partition coefficient (Wildman–Crippen LogP) is 2.62. The molecular formula is C12H20BrN3O. The SMILES string of the molecule is CCn1ncc(Br)c1C(N)CC1(OC)CCC1. The summed E-state index contributed by atoms with van der Waals surface area (Å²) in [4.78, 5) is 0. The Labute approximate surface area is 111 Å². The quantitative estimate of drug-likeness (QED) is 0.909. The van der Waals surface area contributed by atoms with Crippen molar-refractivity contribution in [3.05, 3.63) is 16.4 Å². The Bertz CT molecular complexity index is 382. The Kier molecular flexibility index (Phi) is 3.90. The van der Waals surface area contributed by atoms with E-state index in [1.54, 1.807) is 7.11 Å². The van der Waals surface area contributed by atoms with E-state index in [1.165, 1.54) is 6.42 Å². The fourth-order valence-corrected chi connectivity index (χ4v) is 3.14. The van der Waals surface area contributed by atoms with Gasteiger partial charge in [-0.3, -0.25) is 4.68 Å². The van der Waals surface area contributed by atoms with Crippen LogP contribution in [0.15, 0.2) is 10.7 Å². The number of nitrogens with zero attached hydrogens (tertiary/aromatic N) is 2. The average molecular weight is 302 g/mol. The minimum Gasteiger partial charge on any atom is -0.378 e. The highest BCUT2D eigenvalue weighted by atomic mass is 79.9. The van der Waals surface area contributed by atoms with Crippen LogP contribution in [0, 0.1) is 0 Å². The second-order valence-electron chi connectivity index (χ2n) is 4.74. The number of methoxy groups -OCH3 is 1. The highest BCUT2D eigenvalue weighted by molar-refractivity contribution is 9.10. The van der Waals surface area contributed by atoms with Gasteiger partial charge in [-0.05, 0) is 48.5 Å². The van der Waals surface area contributed by atoms with Gasteiger partial charge in [0.2, 0.25) is 0 Å². The van der Waals surface area contributed by atoms with Crippen LogP contribution in [0.3, 0.4) is 0 Å². The largest absolute Gasteiger partial charge is 0.378 e. The van der Waals surface area contributed by atoms with Crippen LogP contribution in [0.5, 0.6) is 0 Å². The summed E-state index contributed by atoms with van der Waals surface area (Å²) >= 11 is 3.52. The highest BCUT2D eigenvalue weighted by Crippen LogP contribution is 2.42. The lowest BCUT2D eigenvalue weighted by atomic mass is 9.75. The lowest BCUT2D eigenvalue weighted by Gasteiger charge is -2.42. The van der Waals surface area contributed by atoms with Crippen LogP contribution in [0.2, 0.25) is 0 Å². The van der Waals surface area contributed by atoms with Gasteiger partial charge < -0.3 is 10.5 Å². The molecule has 1 aliphatic rings. The molecule has 96 valence electrons. The fourth-order valence-electron chi connectivity index (χ4n) is 2.55. The first-order valence-electron chi connectivity index (χ1n) is 6.14. The number of rotatable bonds is 5. The molecule has 1 unspecified atom stereocenters. The molecule has 1 aliphatic carbocycles. The van der Waals surface area contributed by atoms with E-state index >= 15 is 0 Å². The Morgan fingerprint density at radius 2 is 2.35 bits per heavy atom. The molecule has 1 fully saturated rings. The first kappa shape index (κ1) is 13.1. The molecule has 0 amide bonds. The van der Waals surface area contributed by atoms with E-state index in [0.29, 0.717) is 0 Å². The van der Waals surface area contributed by atoms with E-state index in [9.17, 15) is 0 Å². The maximum Gasteiger partial charge on any atom is 0.0697 e. The van der Waals surface area contributed by atoms with E-state index < -0.39 is 0 Å². The Morgan fingerprint density at radius 3 is 2.82 bits per heavy atom. The molecule has 0 aromatic carbocycles. The molecular weight excluding hydrogens is 282 g/mol. The molecule has 0 aliphatic heterocycles. The van der Waals surface area contributed by atoms with Crippen LogP contribution < -0.4 is 5.73 Å². The third-order valence-electron chi connectivity index (χ3n) is 3.77. The Morgan fingerprint density at radius 1 is 1.65 bits per heavy atom. The molecule has 0 saturated heterocycles. The standard InChI is InChI=1S/C12H20BrN3O/c1-3-16-11(9(13)8-15-16)10(14)7-12(17-2)5-4-6-12/h8,10H,3-7,14H2,1-2H3. The molecule has 5 heteroatoms. The van der Waals surface area contributed by atoms with Gasteiger partial charge in [-0.25, -0.2) is 0 Å². The first-order chi connectivity index (χ1) is 8.12. The van der Waals surface area contributed by atoms with E-state index in [1.807, 2.05) is 10.9 Å². The highest BCUT2D eigenvalue weighted by Gasteiger charge is 2.39. The summed E-state index contributed by atoms with van der Waals surface area (Å²) < 4.78 is 8.58. The van der Waals surface area contributed by atoms with Crippen molar-refractivity contribution < 1.29 is 4.74 Å². The van der Waals surface area contributed by atoms with Crippen molar-refractivity contribution in [1.29, 1.82) is 0 Å². The lowest BCUT2D eigenvalue weighted by molar-refractivity contribution is -0.0821. The predicted molar refractivity (Wildman–Crippen MR) is 70.7 cm³/mol. The van der Waals surface area contributed by atoms with Crippen LogP contribution in [0.4, 0.5) is 0 Å². The molecule has 4 nitrogen and oxygen atoms in total. The van der Waals surface area contributed by atoms with Gasteiger partial charge in [-0.15, -0.1) is 0 Å². The zero-order valence-electron chi connectivity index (χ0n) is 10.4. The van der Waals surface area contributed by atoms with Crippen LogP contribution >= 0.6 is 15.9 Å². The maximum absolute atomic E-state index is 6.32. The van der Waals surface area contributed by atoms with Gasteiger partial charge in [-0.2, -0.15) is 5.10 Å². The third kappa shape index (κ3) is 2.41. The van der Waals surface area contributed by atoms with E-state index in [4.69, 9.17) is 10.5 Å². The van der Waals surface area contributed by atoms with E-state index in [-0.39, 0.29) is 11.6 Å². The van der Waals surface area contributed by atoms with Crippen LogP contribution in [-0.2, 0) is 11.3 Å². The molecule has 0 radical (unpaired) electrons. The number of hydrogen-bond donors (Lipinski definition) is 1. The van der Waals surface area contributed by atoms with Crippen molar-refractivity contribution in [3.63, 3.8) is 0 Å². The second-order valence-corrected chi connectivity index (χ2v) is 5.60. The van der Waals surface area contributed by atoms with Crippen molar-refractivity contribution in [1.82, 2.24) is 9.78 Å². The van der Waals surface area contributed by atoms with Crippen LogP contribution in [0.25, 0.3) is 0 Å². The smallest absolute Gasteiger partial charge is 0.0697 e. The van der Waals surface area contributed by atoms with Gasteiger partial charge in [-0.1, -0.05) is 0 Å². The summed E-state index contributed by atoms with van der Waals surface area (Å²) in [6, 6.07) is -0.0212. The number of nitrogens with two attached hydrogens (primary N) is 1. The monoisotopic (exact) mass is 301 g/mol. The fraction of sp³-hybridized carbons (Fsp3) is 0.750. The van der Waals surface area contributed by atoms with Crippen molar-refractivity contribution in [2.24, 2.45) is 5.73 Å². The summed E-state index contributed by atoms with van der Waals surface area (Å²) in [5.74, 6) is 0. The molecule has 0 bridgehead atoms. The third-order valence-corrected chi connectivity index (χ3v) is 4.38.